The first kappa shape index (κ1) is 12.3. The molecule has 15 heavy (non-hydrogen) atoms. The first-order chi connectivity index (χ1) is 7.10. The van der Waals surface area contributed by atoms with Crippen LogP contribution in [-0.4, -0.2) is 66.1 Å². The molecule has 1 amide bonds. The van der Waals surface area contributed by atoms with Crippen molar-refractivity contribution in [1.82, 2.24) is 10.3 Å². The van der Waals surface area contributed by atoms with Crippen molar-refractivity contribution < 1.29 is 19.7 Å². The van der Waals surface area contributed by atoms with Crippen molar-refractivity contribution in [2.75, 3.05) is 26.8 Å². The molecular weight excluding hydrogens is 202 g/mol. The SMILES string of the molecule is COCC(C(=O)NN)N1CC(O)C(O)C1. The molecule has 1 saturated heterocycles. The molecule has 3 atom stereocenters. The zero-order valence-corrected chi connectivity index (χ0v) is 8.59. The molecule has 3 unspecified atom stereocenters. The van der Waals surface area contributed by atoms with Gasteiger partial charge in [0.1, 0.15) is 6.04 Å². The van der Waals surface area contributed by atoms with Crippen LogP contribution in [0.1, 0.15) is 0 Å². The number of methoxy groups -OCH3 is 1. The summed E-state index contributed by atoms with van der Waals surface area (Å²) in [7, 11) is 1.47. The van der Waals surface area contributed by atoms with Gasteiger partial charge in [-0.2, -0.15) is 0 Å². The zero-order valence-electron chi connectivity index (χ0n) is 8.59. The molecule has 0 aromatic rings. The molecule has 0 radical (unpaired) electrons. The van der Waals surface area contributed by atoms with E-state index in [9.17, 15) is 15.0 Å². The lowest BCUT2D eigenvalue weighted by atomic mass is 10.2. The van der Waals surface area contributed by atoms with Crippen molar-refractivity contribution in [3.63, 3.8) is 0 Å². The second-order valence-corrected chi connectivity index (χ2v) is 3.57. The Hall–Kier alpha value is -0.730. The van der Waals surface area contributed by atoms with Gasteiger partial charge in [0.05, 0.1) is 18.8 Å². The van der Waals surface area contributed by atoms with Crippen molar-refractivity contribution >= 4 is 5.91 Å². The third-order valence-corrected chi connectivity index (χ3v) is 2.50. The molecular formula is C8H17N3O4. The van der Waals surface area contributed by atoms with Crippen molar-refractivity contribution in [2.24, 2.45) is 5.84 Å². The van der Waals surface area contributed by atoms with E-state index >= 15 is 0 Å². The van der Waals surface area contributed by atoms with Crippen LogP contribution in [0.3, 0.4) is 0 Å². The average Bonchev–Trinajstić information content (AvgIpc) is 2.54. The molecule has 1 heterocycles. The van der Waals surface area contributed by atoms with Gasteiger partial charge >= 0.3 is 0 Å². The second kappa shape index (κ2) is 5.38. The smallest absolute Gasteiger partial charge is 0.253 e. The van der Waals surface area contributed by atoms with Crippen LogP contribution in [-0.2, 0) is 9.53 Å². The van der Waals surface area contributed by atoms with Crippen molar-refractivity contribution in [1.29, 1.82) is 0 Å². The number of aliphatic hydroxyl groups is 2. The van der Waals surface area contributed by atoms with Crippen LogP contribution in [0.15, 0.2) is 0 Å². The molecule has 0 bridgehead atoms. The highest BCUT2D eigenvalue weighted by Gasteiger charge is 2.36. The standard InChI is InChI=1S/C8H17N3O4/c1-15-4-5(8(14)10-9)11-2-6(12)7(13)3-11/h5-7,12-13H,2-4,9H2,1H3,(H,10,14). The number of nitrogens with zero attached hydrogens (tertiary/aromatic N) is 1. The molecule has 0 aromatic heterocycles. The number of hydrazine groups is 1. The van der Waals surface area contributed by atoms with E-state index in [4.69, 9.17) is 10.6 Å². The van der Waals surface area contributed by atoms with Crippen LogP contribution >= 0.6 is 0 Å². The summed E-state index contributed by atoms with van der Waals surface area (Å²) in [6.45, 7) is 0.647. The maximum atomic E-state index is 11.4. The van der Waals surface area contributed by atoms with Gasteiger partial charge < -0.3 is 14.9 Å². The summed E-state index contributed by atoms with van der Waals surface area (Å²) in [6.07, 6.45) is -1.65. The molecule has 1 fully saturated rings. The summed E-state index contributed by atoms with van der Waals surface area (Å²) in [5.41, 5.74) is 2.03. The summed E-state index contributed by atoms with van der Waals surface area (Å²) in [5, 5.41) is 18.7. The molecule has 1 rings (SSSR count). The molecule has 0 saturated carbocycles. The Balaban J connectivity index is 2.61. The van der Waals surface area contributed by atoms with E-state index in [2.05, 4.69) is 0 Å². The van der Waals surface area contributed by atoms with Gasteiger partial charge in [-0.1, -0.05) is 0 Å². The predicted molar refractivity (Wildman–Crippen MR) is 51.6 cm³/mol. The Labute approximate surface area is 87.8 Å². The second-order valence-electron chi connectivity index (χ2n) is 3.57. The zero-order chi connectivity index (χ0) is 11.4. The van der Waals surface area contributed by atoms with Gasteiger partial charge in [-0.15, -0.1) is 0 Å². The van der Waals surface area contributed by atoms with Crippen LogP contribution in [0.2, 0.25) is 0 Å². The summed E-state index contributed by atoms with van der Waals surface area (Å²) in [4.78, 5) is 13.0. The number of carbonyl (C=O) groups excluding carboxylic acids is 1. The number of rotatable bonds is 4. The molecule has 7 heteroatoms. The van der Waals surface area contributed by atoms with Crippen LogP contribution in [0.25, 0.3) is 0 Å². The third-order valence-electron chi connectivity index (χ3n) is 2.50. The van der Waals surface area contributed by atoms with Crippen LogP contribution < -0.4 is 11.3 Å². The predicted octanol–water partition coefficient (Wildman–Crippen LogP) is -2.97. The number of hydrogen-bond acceptors (Lipinski definition) is 6. The van der Waals surface area contributed by atoms with Crippen molar-refractivity contribution in [3.05, 3.63) is 0 Å². The topological polar surface area (TPSA) is 108 Å². The van der Waals surface area contributed by atoms with E-state index in [1.54, 1.807) is 4.90 Å². The molecule has 0 aromatic carbocycles. The Morgan fingerprint density at radius 1 is 1.60 bits per heavy atom. The van der Waals surface area contributed by atoms with E-state index in [0.717, 1.165) is 0 Å². The molecule has 7 nitrogen and oxygen atoms in total. The maximum absolute atomic E-state index is 11.4. The van der Waals surface area contributed by atoms with Crippen LogP contribution in [0.5, 0.6) is 0 Å². The molecule has 0 spiro atoms. The number of amides is 1. The fraction of sp³-hybridized carbons (Fsp3) is 0.875. The highest BCUT2D eigenvalue weighted by Crippen LogP contribution is 2.13. The average molecular weight is 219 g/mol. The lowest BCUT2D eigenvalue weighted by Gasteiger charge is -2.24. The summed E-state index contributed by atoms with van der Waals surface area (Å²) in [6, 6.07) is -0.577. The normalized spacial score (nSPS) is 29.1. The maximum Gasteiger partial charge on any atom is 0.253 e. The highest BCUT2D eigenvalue weighted by atomic mass is 16.5. The number of β-amino-alcohol motifs (C(OH)–C–C–N with tert-alkyl or cyclic N) is 2. The number of aliphatic hydroxyl groups excluding tert-OH is 2. The number of nitrogens with one attached hydrogen (secondary N) is 1. The number of ether oxygens (including phenoxy) is 1. The van der Waals surface area contributed by atoms with E-state index in [0.29, 0.717) is 0 Å². The monoisotopic (exact) mass is 219 g/mol. The number of hydrogen-bond donors (Lipinski definition) is 4. The molecule has 0 aliphatic carbocycles. The molecule has 88 valence electrons. The quantitative estimate of drug-likeness (QED) is 0.228. The lowest BCUT2D eigenvalue weighted by molar-refractivity contribution is -0.128. The fourth-order valence-corrected chi connectivity index (χ4v) is 1.65. The van der Waals surface area contributed by atoms with Crippen molar-refractivity contribution in [3.8, 4) is 0 Å². The van der Waals surface area contributed by atoms with Crippen molar-refractivity contribution in [2.45, 2.75) is 18.2 Å². The first-order valence-electron chi connectivity index (χ1n) is 4.69. The van der Waals surface area contributed by atoms with E-state index in [-0.39, 0.29) is 19.7 Å². The minimum atomic E-state index is -0.824. The van der Waals surface area contributed by atoms with E-state index in [1.165, 1.54) is 7.11 Å². The van der Waals surface area contributed by atoms with Crippen LogP contribution in [0, 0.1) is 0 Å². The Kier molecular flexibility index (Phi) is 4.43. The minimum Gasteiger partial charge on any atom is -0.389 e. The Bertz CT molecular complexity index is 216. The lowest BCUT2D eigenvalue weighted by Crippen LogP contribution is -2.51. The fourth-order valence-electron chi connectivity index (χ4n) is 1.65. The Morgan fingerprint density at radius 3 is 2.53 bits per heavy atom. The van der Waals surface area contributed by atoms with Crippen LogP contribution in [0.4, 0.5) is 0 Å². The van der Waals surface area contributed by atoms with Gasteiger partial charge in [0.2, 0.25) is 0 Å². The number of carbonyl (C=O) groups is 1. The molecule has 1 aliphatic heterocycles. The largest absolute Gasteiger partial charge is 0.389 e. The van der Waals surface area contributed by atoms with Gasteiger partial charge in [0, 0.05) is 20.2 Å². The highest BCUT2D eigenvalue weighted by molar-refractivity contribution is 5.81. The number of likely N-dealkylation sites (tertiary alicyclic amines) is 1. The minimum absolute atomic E-state index is 0.169. The number of nitrogens with two attached hydrogens (primary N) is 1. The molecule has 1 aliphatic rings. The third kappa shape index (κ3) is 2.86. The summed E-state index contributed by atoms with van der Waals surface area (Å²) < 4.78 is 4.89. The summed E-state index contributed by atoms with van der Waals surface area (Å²) in [5.74, 6) is 4.64. The molecule has 5 N–H and O–H groups in total. The van der Waals surface area contributed by atoms with Gasteiger partial charge in [-0.05, 0) is 0 Å². The Morgan fingerprint density at radius 2 is 2.13 bits per heavy atom. The van der Waals surface area contributed by atoms with Gasteiger partial charge in [0.25, 0.3) is 5.91 Å². The van der Waals surface area contributed by atoms with Gasteiger partial charge in [0.15, 0.2) is 0 Å². The van der Waals surface area contributed by atoms with Gasteiger partial charge in [-0.3, -0.25) is 15.1 Å². The van der Waals surface area contributed by atoms with Gasteiger partial charge in [-0.25, -0.2) is 5.84 Å². The van der Waals surface area contributed by atoms with E-state index < -0.39 is 24.2 Å². The first-order valence-corrected chi connectivity index (χ1v) is 4.69. The van der Waals surface area contributed by atoms with E-state index in [1.807, 2.05) is 5.43 Å². The summed E-state index contributed by atoms with van der Waals surface area (Å²) >= 11 is 0.